The third-order valence-corrected chi connectivity index (χ3v) is 7.67. The Morgan fingerprint density at radius 2 is 2.03 bits per heavy atom. The number of carbonyl (C=O) groups is 3. The van der Waals surface area contributed by atoms with Crippen LogP contribution in [0.25, 0.3) is 5.57 Å². The maximum Gasteiger partial charge on any atom is 1.00 e. The van der Waals surface area contributed by atoms with Gasteiger partial charge in [0.2, 0.25) is 0 Å². The zero-order chi connectivity index (χ0) is 23.3. The molecule has 34 heavy (non-hydrogen) atoms. The van der Waals surface area contributed by atoms with Crippen LogP contribution < -0.4 is 45.7 Å². The van der Waals surface area contributed by atoms with Crippen molar-refractivity contribution in [2.45, 2.75) is 16.7 Å². The average molecular weight is 506 g/mol. The van der Waals surface area contributed by atoms with Gasteiger partial charge in [-0.25, -0.2) is 4.98 Å². The summed E-state index contributed by atoms with van der Waals surface area (Å²) in [5.74, 6) is -2.65. The molecule has 1 fully saturated rings. The van der Waals surface area contributed by atoms with Crippen LogP contribution in [0.3, 0.4) is 0 Å². The largest absolute Gasteiger partial charge is 1.00 e. The van der Waals surface area contributed by atoms with E-state index in [1.54, 1.807) is 11.5 Å². The Balaban J connectivity index is 0.00000274. The number of carboxylic acid groups (broad SMARTS) is 1. The Morgan fingerprint density at radius 1 is 1.29 bits per heavy atom. The Labute approximate surface area is 224 Å². The molecule has 2 amide bonds. The van der Waals surface area contributed by atoms with Gasteiger partial charge in [-0.05, 0) is 16.7 Å². The third kappa shape index (κ3) is 3.95. The minimum atomic E-state index is -1.43. The number of hydrogen-bond donors (Lipinski definition) is 2. The number of carbonyl (C=O) groups excluding carboxylic acids is 3. The number of hydrogen-bond acceptors (Lipinski definition) is 10. The van der Waals surface area contributed by atoms with Crippen LogP contribution >= 0.6 is 23.1 Å². The first-order valence-corrected chi connectivity index (χ1v) is 11.6. The van der Waals surface area contributed by atoms with E-state index in [2.05, 4.69) is 15.5 Å². The first-order chi connectivity index (χ1) is 15.9. The summed E-state index contributed by atoms with van der Waals surface area (Å²) in [5.41, 5.74) is 8.02. The number of nitrogens with zero attached hydrogens (tertiary/aromatic N) is 3. The minimum Gasteiger partial charge on any atom is -0.543 e. The van der Waals surface area contributed by atoms with Crippen LogP contribution in [0, 0.1) is 0 Å². The van der Waals surface area contributed by atoms with Crippen LogP contribution in [0.5, 0.6) is 0 Å². The van der Waals surface area contributed by atoms with E-state index in [1.165, 1.54) is 23.8 Å². The van der Waals surface area contributed by atoms with Crippen molar-refractivity contribution < 1.29 is 53.9 Å². The molecule has 2 aliphatic heterocycles. The molecule has 1 saturated heterocycles. The van der Waals surface area contributed by atoms with Crippen molar-refractivity contribution in [3.8, 4) is 0 Å². The van der Waals surface area contributed by atoms with Crippen molar-refractivity contribution in [2.75, 3.05) is 12.8 Å². The van der Waals surface area contributed by atoms with Gasteiger partial charge in [-0.2, -0.15) is 0 Å². The minimum absolute atomic E-state index is 0. The fourth-order valence-corrected chi connectivity index (χ4v) is 6.14. The predicted molar refractivity (Wildman–Crippen MR) is 120 cm³/mol. The molecular formula is C21H16N5NaO5S2. The van der Waals surface area contributed by atoms with Gasteiger partial charge in [0.1, 0.15) is 24.2 Å². The smallest absolute Gasteiger partial charge is 0.543 e. The summed E-state index contributed by atoms with van der Waals surface area (Å²) in [5, 5.41) is 19.2. The van der Waals surface area contributed by atoms with Gasteiger partial charge in [0.25, 0.3) is 11.8 Å². The summed E-state index contributed by atoms with van der Waals surface area (Å²) >= 11 is 2.53. The van der Waals surface area contributed by atoms with Crippen LogP contribution in [-0.2, 0) is 19.2 Å². The molecule has 3 aliphatic rings. The van der Waals surface area contributed by atoms with Crippen LogP contribution in [0.4, 0.5) is 5.13 Å². The Morgan fingerprint density at radius 3 is 2.65 bits per heavy atom. The van der Waals surface area contributed by atoms with E-state index in [9.17, 15) is 19.5 Å². The number of thioether (sulfide) groups is 1. The van der Waals surface area contributed by atoms with Crippen molar-refractivity contribution in [1.29, 1.82) is 0 Å². The van der Waals surface area contributed by atoms with E-state index in [1.807, 2.05) is 30.3 Å². The molecular weight excluding hydrogens is 489 g/mol. The van der Waals surface area contributed by atoms with Gasteiger partial charge >= 0.3 is 29.6 Å². The summed E-state index contributed by atoms with van der Waals surface area (Å²) < 4.78 is 0. The Kier molecular flexibility index (Phi) is 6.87. The summed E-state index contributed by atoms with van der Waals surface area (Å²) in [6.45, 7) is 0. The molecule has 0 unspecified atom stereocenters. The van der Waals surface area contributed by atoms with E-state index < -0.39 is 29.2 Å². The number of amides is 2. The van der Waals surface area contributed by atoms with Crippen molar-refractivity contribution in [2.24, 2.45) is 5.16 Å². The number of carboxylic acids is 1. The number of thiazole rings is 1. The molecule has 0 radical (unpaired) electrons. The number of aliphatic carboxylic acids is 1. The topological polar surface area (TPSA) is 150 Å². The van der Waals surface area contributed by atoms with Gasteiger partial charge in [0, 0.05) is 5.38 Å². The molecule has 1 aromatic heterocycles. The predicted octanol–water partition coefficient (Wildman–Crippen LogP) is -3.05. The standard InChI is InChI=1S/C21H17N5O5S2.Na/c1-31-25-13(12-8-32-21(22)23-12)17(27)24-14-18(28)26-15(20(29)30)11-7-10(16(11)33-19(14)26)9-5-3-2-4-6-9;/h2-8,14,16,19H,1H3,(H2,22,23)(H,24,27)(H,29,30);/q;+1/p-1/b25-13-;/t14-,16+,19-;/m1./s1. The maximum absolute atomic E-state index is 12.9. The molecule has 5 rings (SSSR count). The quantitative estimate of drug-likeness (QED) is 0.182. The van der Waals surface area contributed by atoms with E-state index >= 15 is 0 Å². The molecule has 3 atom stereocenters. The summed E-state index contributed by atoms with van der Waals surface area (Å²) in [6, 6.07) is 8.62. The first kappa shape index (κ1) is 24.5. The van der Waals surface area contributed by atoms with E-state index in [0.717, 1.165) is 22.5 Å². The van der Waals surface area contributed by atoms with Crippen LogP contribution in [0.2, 0.25) is 0 Å². The van der Waals surface area contributed by atoms with Crippen molar-refractivity contribution in [3.05, 3.63) is 64.3 Å². The van der Waals surface area contributed by atoms with E-state index in [0.29, 0.717) is 5.57 Å². The average Bonchev–Trinajstić information content (AvgIpc) is 3.22. The molecule has 0 bridgehead atoms. The van der Waals surface area contributed by atoms with Crippen molar-refractivity contribution in [3.63, 3.8) is 0 Å². The summed E-state index contributed by atoms with van der Waals surface area (Å²) in [6.07, 6.45) is 1.77. The van der Waals surface area contributed by atoms with Crippen LogP contribution in [-0.4, -0.2) is 57.2 Å². The van der Waals surface area contributed by atoms with Gasteiger partial charge in [-0.1, -0.05) is 41.6 Å². The summed E-state index contributed by atoms with van der Waals surface area (Å²) in [4.78, 5) is 47.6. The fraction of sp³-hybridized carbons (Fsp3) is 0.190. The molecule has 2 aromatic rings. The Bertz CT molecular complexity index is 1280. The number of β-lactam (4-membered cyclic amide) rings is 1. The van der Waals surface area contributed by atoms with Crippen molar-refractivity contribution >= 4 is 57.3 Å². The van der Waals surface area contributed by atoms with E-state index in [4.69, 9.17) is 10.6 Å². The molecule has 168 valence electrons. The number of anilines is 1. The summed E-state index contributed by atoms with van der Waals surface area (Å²) in [7, 11) is 1.28. The number of nitrogens with two attached hydrogens (primary N) is 1. The zero-order valence-corrected chi connectivity index (χ0v) is 21.7. The zero-order valence-electron chi connectivity index (χ0n) is 18.1. The Hall–Kier alpha value is -2.64. The number of allylic oxidation sites excluding steroid dienone is 1. The number of nitrogen functional groups attached to an aromatic ring is 1. The molecule has 3 N–H and O–H groups in total. The normalized spacial score (nSPS) is 22.9. The first-order valence-electron chi connectivity index (χ1n) is 9.75. The number of nitrogens with one attached hydrogen (secondary N) is 1. The monoisotopic (exact) mass is 505 g/mol. The number of benzene rings is 1. The van der Waals surface area contributed by atoms with Crippen LogP contribution in [0.15, 0.2) is 58.2 Å². The number of oxime groups is 1. The molecule has 1 aromatic carbocycles. The SMILES string of the molecule is CO/N=C(\C(=O)N[C@@H]1C(=O)N2C(C(=O)[O-])=C3C=C(c4ccccc4)[C@@H]3S[C@H]12)c1csc(N)n1.[Na+]. The molecule has 13 heteroatoms. The molecule has 3 heterocycles. The molecule has 10 nitrogen and oxygen atoms in total. The number of aromatic nitrogens is 1. The second-order valence-electron chi connectivity index (χ2n) is 7.32. The number of rotatable bonds is 6. The second-order valence-corrected chi connectivity index (χ2v) is 9.43. The van der Waals surface area contributed by atoms with Gasteiger partial charge < -0.3 is 25.8 Å². The molecule has 0 spiro atoms. The van der Waals surface area contributed by atoms with Crippen LogP contribution in [0.1, 0.15) is 11.3 Å². The fourth-order valence-electron chi connectivity index (χ4n) is 3.97. The van der Waals surface area contributed by atoms with Gasteiger partial charge in [-0.3, -0.25) is 14.5 Å². The number of fused-ring (bicyclic) bond motifs is 2. The van der Waals surface area contributed by atoms with E-state index in [-0.39, 0.29) is 57.0 Å². The molecule has 1 aliphatic carbocycles. The van der Waals surface area contributed by atoms with Gasteiger partial charge in [0.15, 0.2) is 10.8 Å². The van der Waals surface area contributed by atoms with Crippen molar-refractivity contribution in [1.82, 2.24) is 15.2 Å². The maximum atomic E-state index is 12.9. The van der Waals surface area contributed by atoms with Gasteiger partial charge in [0.05, 0.1) is 16.9 Å². The second kappa shape index (κ2) is 9.55. The third-order valence-electron chi connectivity index (χ3n) is 5.46. The molecule has 0 saturated carbocycles. The van der Waals surface area contributed by atoms with Gasteiger partial charge in [-0.15, -0.1) is 23.1 Å².